The van der Waals surface area contributed by atoms with Crippen LogP contribution in [0.2, 0.25) is 0 Å². The normalized spacial score (nSPS) is 18.8. The van der Waals surface area contributed by atoms with E-state index in [4.69, 9.17) is 0 Å². The van der Waals surface area contributed by atoms with E-state index in [2.05, 4.69) is 37.2 Å². The van der Waals surface area contributed by atoms with E-state index in [1.165, 1.54) is 38.1 Å². The molecule has 6 nitrogen and oxygen atoms in total. The number of likely N-dealkylation sites (tertiary alicyclic amines) is 1. The molecular weight excluding hydrogens is 371 g/mol. The third kappa shape index (κ3) is 8.33. The first-order valence-electron chi connectivity index (χ1n) is 9.70. The van der Waals surface area contributed by atoms with E-state index >= 15 is 0 Å². The first-order chi connectivity index (χ1) is 13.4. The number of hydrogen-bond acceptors (Lipinski definition) is 4. The van der Waals surface area contributed by atoms with Crippen molar-refractivity contribution < 1.29 is 17.9 Å². The average Bonchev–Trinajstić information content (AvgIpc) is 2.67. The number of hydrogen-bond donors (Lipinski definition) is 2. The van der Waals surface area contributed by atoms with E-state index in [0.29, 0.717) is 18.5 Å². The number of nitrogens with zero attached hydrogens (tertiary/aromatic N) is 3. The summed E-state index contributed by atoms with van der Waals surface area (Å²) in [4.78, 5) is 10.5. The highest BCUT2D eigenvalue weighted by Crippen LogP contribution is 2.18. The van der Waals surface area contributed by atoms with Gasteiger partial charge >= 0.3 is 6.18 Å². The first-order valence-corrected chi connectivity index (χ1v) is 9.70. The van der Waals surface area contributed by atoms with E-state index in [1.807, 2.05) is 0 Å². The molecule has 0 radical (unpaired) electrons. The van der Waals surface area contributed by atoms with Crippen molar-refractivity contribution in [1.29, 1.82) is 0 Å². The average molecular weight is 401 g/mol. The highest BCUT2D eigenvalue weighted by molar-refractivity contribution is 5.79. The molecule has 0 spiro atoms. The van der Waals surface area contributed by atoms with Crippen LogP contribution in [0.25, 0.3) is 0 Å². The molecule has 1 atom stereocenters. The second-order valence-corrected chi connectivity index (χ2v) is 6.99. The molecule has 0 aromatic carbocycles. The van der Waals surface area contributed by atoms with Crippen LogP contribution in [0.15, 0.2) is 23.3 Å². The molecule has 2 N–H and O–H groups in total. The lowest BCUT2D eigenvalue weighted by Gasteiger charge is -2.33. The molecule has 0 aliphatic carbocycles. The Hall–Kier alpha value is -2.03. The molecule has 158 valence electrons. The fraction of sp³-hybridized carbons (Fsp3) is 0.684. The molecule has 2 heterocycles. The molecule has 1 saturated heterocycles. The lowest BCUT2D eigenvalue weighted by atomic mass is 10.0. The molecule has 0 saturated carbocycles. The van der Waals surface area contributed by atoms with Gasteiger partial charge in [-0.1, -0.05) is 6.42 Å². The fourth-order valence-electron chi connectivity index (χ4n) is 3.18. The van der Waals surface area contributed by atoms with Gasteiger partial charge in [-0.05, 0) is 44.4 Å². The van der Waals surface area contributed by atoms with Crippen LogP contribution in [0.4, 0.5) is 13.2 Å². The maximum Gasteiger partial charge on any atom is 0.422 e. The largest absolute Gasteiger partial charge is 0.468 e. The van der Waals surface area contributed by atoms with Gasteiger partial charge in [-0.3, -0.25) is 4.99 Å². The maximum atomic E-state index is 12.2. The van der Waals surface area contributed by atoms with Crippen LogP contribution in [0.1, 0.15) is 38.2 Å². The van der Waals surface area contributed by atoms with Crippen molar-refractivity contribution in [1.82, 2.24) is 20.5 Å². The molecule has 1 aromatic rings. The predicted octanol–water partition coefficient (Wildman–Crippen LogP) is 2.95. The van der Waals surface area contributed by atoms with E-state index in [1.54, 1.807) is 13.1 Å². The quantitative estimate of drug-likeness (QED) is 0.398. The summed E-state index contributed by atoms with van der Waals surface area (Å²) in [6, 6.07) is 3.87. The van der Waals surface area contributed by atoms with Crippen molar-refractivity contribution in [3.8, 4) is 5.88 Å². The number of pyridine rings is 1. The third-order valence-corrected chi connectivity index (χ3v) is 4.72. The monoisotopic (exact) mass is 401 g/mol. The minimum absolute atomic E-state index is 0.0461. The molecule has 2 rings (SSSR count). The number of aromatic nitrogens is 1. The number of ether oxygens (including phenoxy) is 1. The van der Waals surface area contributed by atoms with E-state index in [-0.39, 0.29) is 5.88 Å². The molecule has 1 fully saturated rings. The topological polar surface area (TPSA) is 61.8 Å². The van der Waals surface area contributed by atoms with Crippen LogP contribution in [0.3, 0.4) is 0 Å². The van der Waals surface area contributed by atoms with Crippen molar-refractivity contribution in [2.24, 2.45) is 4.99 Å². The predicted molar refractivity (Wildman–Crippen MR) is 103 cm³/mol. The van der Waals surface area contributed by atoms with Gasteiger partial charge in [0.25, 0.3) is 0 Å². The van der Waals surface area contributed by atoms with Crippen LogP contribution >= 0.6 is 0 Å². The van der Waals surface area contributed by atoms with Gasteiger partial charge in [-0.15, -0.1) is 0 Å². The summed E-state index contributed by atoms with van der Waals surface area (Å²) in [7, 11) is 1.69. The van der Waals surface area contributed by atoms with Crippen LogP contribution in [-0.2, 0) is 6.54 Å². The second kappa shape index (κ2) is 11.1. The van der Waals surface area contributed by atoms with Gasteiger partial charge in [0.1, 0.15) is 0 Å². The van der Waals surface area contributed by atoms with Crippen LogP contribution in [0.5, 0.6) is 5.88 Å². The minimum Gasteiger partial charge on any atom is -0.468 e. The molecular formula is C19H30F3N5O. The Balaban J connectivity index is 1.70. The van der Waals surface area contributed by atoms with Gasteiger partial charge in [0.15, 0.2) is 12.6 Å². The van der Waals surface area contributed by atoms with Crippen LogP contribution in [-0.4, -0.2) is 61.4 Å². The summed E-state index contributed by atoms with van der Waals surface area (Å²) >= 11 is 0. The lowest BCUT2D eigenvalue weighted by Crippen LogP contribution is -2.41. The molecule has 9 heteroatoms. The summed E-state index contributed by atoms with van der Waals surface area (Å²) in [5.74, 6) is 0.608. The standard InChI is InChI=1S/C19H30F3N5O/c1-15-6-3-4-10-27(15)11-5-8-25-18(23-2)26-13-16-7-9-24-17(12-16)28-14-19(20,21)22/h7,9,12,15H,3-6,8,10-11,13-14H2,1-2H3,(H2,23,25,26). The molecule has 0 bridgehead atoms. The molecule has 1 aliphatic heterocycles. The second-order valence-electron chi connectivity index (χ2n) is 6.99. The summed E-state index contributed by atoms with van der Waals surface area (Å²) in [5, 5.41) is 6.42. The number of piperidine rings is 1. The molecule has 0 amide bonds. The molecule has 1 unspecified atom stereocenters. The number of alkyl halides is 3. The van der Waals surface area contributed by atoms with Crippen molar-refractivity contribution in [2.45, 2.75) is 51.4 Å². The number of aliphatic imine (C=N–C) groups is 1. The zero-order chi connectivity index (χ0) is 20.4. The fourth-order valence-corrected chi connectivity index (χ4v) is 3.18. The van der Waals surface area contributed by atoms with E-state index in [0.717, 1.165) is 25.1 Å². The smallest absolute Gasteiger partial charge is 0.422 e. The van der Waals surface area contributed by atoms with Crippen molar-refractivity contribution in [3.05, 3.63) is 23.9 Å². The Kier molecular flexibility index (Phi) is 8.82. The Labute approximate surface area is 164 Å². The first kappa shape index (κ1) is 22.3. The highest BCUT2D eigenvalue weighted by atomic mass is 19.4. The Morgan fingerprint density at radius 1 is 1.36 bits per heavy atom. The third-order valence-electron chi connectivity index (χ3n) is 4.72. The zero-order valence-electron chi connectivity index (χ0n) is 16.6. The van der Waals surface area contributed by atoms with E-state index in [9.17, 15) is 13.2 Å². The summed E-state index contributed by atoms with van der Waals surface area (Å²) in [5.41, 5.74) is 0.761. The molecule has 1 aromatic heterocycles. The van der Waals surface area contributed by atoms with Crippen molar-refractivity contribution in [2.75, 3.05) is 33.3 Å². The van der Waals surface area contributed by atoms with Gasteiger partial charge in [-0.25, -0.2) is 4.98 Å². The van der Waals surface area contributed by atoms with Crippen molar-refractivity contribution in [3.63, 3.8) is 0 Å². The van der Waals surface area contributed by atoms with E-state index < -0.39 is 12.8 Å². The lowest BCUT2D eigenvalue weighted by molar-refractivity contribution is -0.154. The Bertz CT molecular complexity index is 624. The SMILES string of the molecule is CN=C(NCCCN1CCCCC1C)NCc1ccnc(OCC(F)(F)F)c1. The maximum absolute atomic E-state index is 12.2. The number of halogens is 3. The molecule has 1 aliphatic rings. The van der Waals surface area contributed by atoms with Gasteiger partial charge < -0.3 is 20.3 Å². The Morgan fingerprint density at radius 3 is 2.89 bits per heavy atom. The van der Waals surface area contributed by atoms with Crippen LogP contribution in [0, 0.1) is 0 Å². The number of rotatable bonds is 8. The van der Waals surface area contributed by atoms with Gasteiger partial charge in [0.05, 0.1) is 0 Å². The summed E-state index contributed by atoms with van der Waals surface area (Å²) in [6.07, 6.45) is 1.95. The number of guanidine groups is 1. The minimum atomic E-state index is -4.38. The highest BCUT2D eigenvalue weighted by Gasteiger charge is 2.28. The number of nitrogens with one attached hydrogen (secondary N) is 2. The summed E-state index contributed by atoms with van der Waals surface area (Å²) < 4.78 is 41.4. The van der Waals surface area contributed by atoms with Gasteiger partial charge in [-0.2, -0.15) is 13.2 Å². The van der Waals surface area contributed by atoms with Crippen molar-refractivity contribution >= 4 is 5.96 Å². The van der Waals surface area contributed by atoms with Gasteiger partial charge in [0.2, 0.25) is 5.88 Å². The zero-order valence-corrected chi connectivity index (χ0v) is 16.6. The molecule has 28 heavy (non-hydrogen) atoms. The van der Waals surface area contributed by atoms with Crippen LogP contribution < -0.4 is 15.4 Å². The Morgan fingerprint density at radius 2 is 2.18 bits per heavy atom. The summed E-state index contributed by atoms with van der Waals surface area (Å²) in [6.45, 7) is 4.39. The van der Waals surface area contributed by atoms with Gasteiger partial charge in [0, 0.05) is 45.0 Å².